The Morgan fingerprint density at radius 1 is 1.33 bits per heavy atom. The Balaban J connectivity index is 1.86. The summed E-state index contributed by atoms with van der Waals surface area (Å²) < 4.78 is 1.66. The number of rotatable bonds is 5. The maximum Gasteiger partial charge on any atom is 0.255 e. The highest BCUT2D eigenvalue weighted by Gasteiger charge is 2.22. The topological polar surface area (TPSA) is 59.8 Å². The van der Waals surface area contributed by atoms with E-state index in [9.17, 15) is 4.79 Å². The summed E-state index contributed by atoms with van der Waals surface area (Å²) in [5.74, 6) is -0.105. The van der Waals surface area contributed by atoms with Gasteiger partial charge in [-0.1, -0.05) is 0 Å². The van der Waals surface area contributed by atoms with E-state index >= 15 is 0 Å². The van der Waals surface area contributed by atoms with Gasteiger partial charge in [-0.15, -0.1) is 11.3 Å². The molecule has 0 aliphatic rings. The Bertz CT molecular complexity index is 829. The summed E-state index contributed by atoms with van der Waals surface area (Å²) in [6.45, 7) is 5.91. The molecule has 0 spiro atoms. The van der Waals surface area contributed by atoms with Crippen molar-refractivity contribution in [1.82, 2.24) is 20.1 Å². The quantitative estimate of drug-likeness (QED) is 0.756. The molecule has 3 aromatic rings. The van der Waals surface area contributed by atoms with E-state index in [4.69, 9.17) is 0 Å². The van der Waals surface area contributed by atoms with Gasteiger partial charge in [0.1, 0.15) is 5.01 Å². The van der Waals surface area contributed by atoms with Gasteiger partial charge in [0.05, 0.1) is 23.0 Å². The minimum Gasteiger partial charge on any atom is -0.342 e. The molecule has 5 nitrogen and oxygen atoms in total. The normalized spacial score (nSPS) is 12.3. The van der Waals surface area contributed by atoms with Crippen LogP contribution < -0.4 is 5.32 Å². The first-order valence-corrected chi connectivity index (χ1v) is 9.46. The second kappa shape index (κ2) is 6.86. The van der Waals surface area contributed by atoms with Crippen LogP contribution in [0.2, 0.25) is 0 Å². The molecule has 1 amide bonds. The highest BCUT2D eigenvalue weighted by molar-refractivity contribution is 7.11. The third kappa shape index (κ3) is 3.57. The number of carbonyl (C=O) groups excluding carboxylic acids is 1. The summed E-state index contributed by atoms with van der Waals surface area (Å²) in [7, 11) is 1.82. The van der Waals surface area contributed by atoms with E-state index in [1.807, 2.05) is 20.9 Å². The molecule has 0 radical (unpaired) electrons. The summed E-state index contributed by atoms with van der Waals surface area (Å²) in [5.41, 5.74) is 3.57. The molecule has 0 bridgehead atoms. The van der Waals surface area contributed by atoms with Gasteiger partial charge in [0.15, 0.2) is 0 Å². The predicted octanol–water partition coefficient (Wildman–Crippen LogP) is 3.58. The zero-order valence-electron chi connectivity index (χ0n) is 14.2. The smallest absolute Gasteiger partial charge is 0.255 e. The van der Waals surface area contributed by atoms with Crippen LogP contribution in [0.5, 0.6) is 0 Å². The van der Waals surface area contributed by atoms with Crippen molar-refractivity contribution in [1.29, 1.82) is 0 Å². The third-order valence-electron chi connectivity index (χ3n) is 3.93. The van der Waals surface area contributed by atoms with Gasteiger partial charge in [0.25, 0.3) is 5.91 Å². The maximum absolute atomic E-state index is 12.7. The third-order valence-corrected chi connectivity index (χ3v) is 5.85. The molecule has 7 heteroatoms. The van der Waals surface area contributed by atoms with Gasteiger partial charge in [-0.3, -0.25) is 9.48 Å². The lowest BCUT2D eigenvalue weighted by Gasteiger charge is -2.16. The molecule has 0 aromatic carbocycles. The van der Waals surface area contributed by atoms with Gasteiger partial charge >= 0.3 is 0 Å². The predicted molar refractivity (Wildman–Crippen MR) is 97.8 cm³/mol. The van der Waals surface area contributed by atoms with E-state index in [2.05, 4.69) is 39.1 Å². The van der Waals surface area contributed by atoms with Crippen molar-refractivity contribution >= 4 is 28.6 Å². The minimum absolute atomic E-state index is 0.105. The lowest BCUT2D eigenvalue weighted by molar-refractivity contribution is 0.0935. The van der Waals surface area contributed by atoms with Crippen LogP contribution in [0.25, 0.3) is 0 Å². The summed E-state index contributed by atoms with van der Waals surface area (Å²) in [4.78, 5) is 18.5. The zero-order valence-corrected chi connectivity index (χ0v) is 15.8. The monoisotopic (exact) mass is 360 g/mol. The number of hydrogen-bond acceptors (Lipinski definition) is 5. The largest absolute Gasteiger partial charge is 0.342 e. The highest BCUT2D eigenvalue weighted by atomic mass is 32.1. The van der Waals surface area contributed by atoms with Crippen LogP contribution in [-0.2, 0) is 13.5 Å². The number of amides is 1. The van der Waals surface area contributed by atoms with Crippen molar-refractivity contribution in [3.8, 4) is 0 Å². The number of aromatic nitrogens is 3. The van der Waals surface area contributed by atoms with Crippen molar-refractivity contribution in [2.75, 3.05) is 0 Å². The molecule has 0 saturated heterocycles. The van der Waals surface area contributed by atoms with Crippen LogP contribution in [0.3, 0.4) is 0 Å². The van der Waals surface area contributed by atoms with Gasteiger partial charge in [-0.2, -0.15) is 16.4 Å². The highest BCUT2D eigenvalue weighted by Crippen LogP contribution is 2.26. The number of nitrogens with one attached hydrogen (secondary N) is 1. The average molecular weight is 361 g/mol. The number of aryl methyl sites for hydroxylation is 4. The van der Waals surface area contributed by atoms with Crippen LogP contribution >= 0.6 is 22.7 Å². The molecule has 0 unspecified atom stereocenters. The molecule has 3 heterocycles. The second-order valence-corrected chi connectivity index (χ2v) is 7.87. The fourth-order valence-corrected chi connectivity index (χ4v) is 4.21. The van der Waals surface area contributed by atoms with Crippen molar-refractivity contribution in [2.45, 2.75) is 33.2 Å². The zero-order chi connectivity index (χ0) is 17.3. The maximum atomic E-state index is 12.7. The van der Waals surface area contributed by atoms with E-state index in [1.54, 1.807) is 33.6 Å². The summed E-state index contributed by atoms with van der Waals surface area (Å²) >= 11 is 3.31. The van der Waals surface area contributed by atoms with Crippen molar-refractivity contribution in [3.05, 3.63) is 55.4 Å². The second-order valence-electron chi connectivity index (χ2n) is 5.86. The number of thiophene rings is 1. The molecule has 0 aliphatic carbocycles. The molecule has 126 valence electrons. The van der Waals surface area contributed by atoms with Crippen LogP contribution in [-0.4, -0.2) is 20.7 Å². The molecule has 1 N–H and O–H groups in total. The molecule has 0 fully saturated rings. The average Bonchev–Trinajstić information content (AvgIpc) is 3.21. The molecule has 24 heavy (non-hydrogen) atoms. The molecule has 1 atom stereocenters. The number of hydrogen-bond donors (Lipinski definition) is 1. The van der Waals surface area contributed by atoms with Crippen LogP contribution in [0.15, 0.2) is 23.0 Å². The Hall–Kier alpha value is -1.99. The lowest BCUT2D eigenvalue weighted by Crippen LogP contribution is -2.30. The van der Waals surface area contributed by atoms with Crippen LogP contribution in [0.1, 0.15) is 43.2 Å². The number of carbonyl (C=O) groups is 1. The Labute approximate surface area is 149 Å². The Kier molecular flexibility index (Phi) is 4.82. The fourth-order valence-electron chi connectivity index (χ4n) is 2.55. The van der Waals surface area contributed by atoms with Crippen LogP contribution in [0, 0.1) is 20.8 Å². The number of thiazole rings is 1. The Morgan fingerprint density at radius 2 is 2.12 bits per heavy atom. The van der Waals surface area contributed by atoms with Crippen molar-refractivity contribution in [2.24, 2.45) is 7.05 Å². The van der Waals surface area contributed by atoms with E-state index in [0.29, 0.717) is 5.56 Å². The SMILES string of the molecule is Cc1nn(C)cc1C(=O)N[C@H](Cc1ccsc1)c1nc(C)c(C)s1. The molecule has 3 rings (SSSR count). The van der Waals surface area contributed by atoms with E-state index in [1.165, 1.54) is 10.4 Å². The molecule has 3 aromatic heterocycles. The summed E-state index contributed by atoms with van der Waals surface area (Å²) in [6.07, 6.45) is 2.49. The summed E-state index contributed by atoms with van der Waals surface area (Å²) in [6, 6.07) is 1.95. The number of nitrogens with zero attached hydrogens (tertiary/aromatic N) is 3. The molecule has 0 saturated carbocycles. The van der Waals surface area contributed by atoms with Gasteiger partial charge in [0.2, 0.25) is 0 Å². The first-order chi connectivity index (χ1) is 11.4. The van der Waals surface area contributed by atoms with Crippen molar-refractivity contribution < 1.29 is 4.79 Å². The standard InChI is InChI=1S/C17H20N4OS2/c1-10-12(3)24-17(18-10)15(7-13-5-6-23-9-13)19-16(22)14-8-21(4)20-11(14)2/h5-6,8-9,15H,7H2,1-4H3,(H,19,22)/t15-/m1/s1. The first kappa shape index (κ1) is 16.9. The lowest BCUT2D eigenvalue weighted by atomic mass is 10.1. The minimum atomic E-state index is -0.135. The van der Waals surface area contributed by atoms with Crippen LogP contribution in [0.4, 0.5) is 0 Å². The van der Waals surface area contributed by atoms with Gasteiger partial charge in [-0.05, 0) is 43.2 Å². The fraction of sp³-hybridized carbons (Fsp3) is 0.353. The first-order valence-electron chi connectivity index (χ1n) is 7.70. The van der Waals surface area contributed by atoms with E-state index in [-0.39, 0.29) is 11.9 Å². The van der Waals surface area contributed by atoms with Crippen molar-refractivity contribution in [3.63, 3.8) is 0 Å². The van der Waals surface area contributed by atoms with Gasteiger partial charge in [-0.25, -0.2) is 4.98 Å². The Morgan fingerprint density at radius 3 is 2.67 bits per heavy atom. The van der Waals surface area contributed by atoms with Gasteiger partial charge < -0.3 is 5.32 Å². The summed E-state index contributed by atoms with van der Waals surface area (Å²) in [5, 5.41) is 12.5. The van der Waals surface area contributed by atoms with E-state index < -0.39 is 0 Å². The molecular formula is C17H20N4OS2. The van der Waals surface area contributed by atoms with Gasteiger partial charge in [0, 0.05) is 24.5 Å². The van der Waals surface area contributed by atoms with E-state index in [0.717, 1.165) is 22.8 Å². The molecular weight excluding hydrogens is 340 g/mol. The molecule has 0 aliphatic heterocycles.